The minimum Gasteiger partial charge on any atom is -0.481 e. The Morgan fingerprint density at radius 1 is 0.263 bits per heavy atom. The Morgan fingerprint density at radius 3 is 0.702 bits per heavy atom. The maximum absolute atomic E-state index is 11.0. The third-order valence-electron chi connectivity index (χ3n) is 21.5. The first-order chi connectivity index (χ1) is 55.5. The van der Waals surface area contributed by atoms with Crippen molar-refractivity contribution in [1.82, 2.24) is 0 Å². The molecule has 17 heteroatoms. The summed E-state index contributed by atoms with van der Waals surface area (Å²) in [6.07, 6.45) is 87.7. The number of thioether (sulfide) groups is 2. The van der Waals surface area contributed by atoms with Gasteiger partial charge in [0.1, 0.15) is 0 Å². The van der Waals surface area contributed by atoms with Crippen LogP contribution in [-0.4, -0.2) is 140 Å². The van der Waals surface area contributed by atoms with Gasteiger partial charge < -0.3 is 50.0 Å². The molecule has 0 aromatic carbocycles. The molecule has 5 unspecified atom stereocenters. The van der Waals surface area contributed by atoms with Gasteiger partial charge in [0.05, 0.1) is 52.9 Å². The Morgan fingerprint density at radius 2 is 0.465 bits per heavy atom. The van der Waals surface area contributed by atoms with E-state index in [1.807, 2.05) is 23.5 Å². The number of aliphatic carboxylic acids is 2. The van der Waals surface area contributed by atoms with E-state index in [0.717, 1.165) is 157 Å². The lowest BCUT2D eigenvalue weighted by molar-refractivity contribution is -0.141. The Labute approximate surface area is 713 Å². The molecule has 15 nitrogen and oxygen atoms in total. The van der Waals surface area contributed by atoms with E-state index >= 15 is 0 Å². The average Bonchev–Trinajstić information content (AvgIpc) is 1.02. The zero-order chi connectivity index (χ0) is 85.2. The normalized spacial score (nSPS) is 12.4. The number of esters is 3. The fourth-order valence-corrected chi connectivity index (χ4v) is 16.3. The third-order valence-corrected chi connectivity index (χ3v) is 24.2. The number of unbranched alkanes of at least 4 members (excludes halogenated alkanes) is 48. The molecule has 0 aliphatic heterocycles. The van der Waals surface area contributed by atoms with E-state index in [9.17, 15) is 39.3 Å². The lowest BCUT2D eigenvalue weighted by Crippen LogP contribution is -2.05. The number of aliphatic hydroxyl groups is 5. The predicted molar refractivity (Wildman–Crippen MR) is 491 cm³/mol. The van der Waals surface area contributed by atoms with Crippen LogP contribution < -0.4 is 0 Å². The minimum atomic E-state index is -0.678. The highest BCUT2D eigenvalue weighted by molar-refractivity contribution is 8.00. The molecule has 0 aromatic heterocycles. The molecule has 682 valence electrons. The Bertz CT molecular complexity index is 1910. The smallest absolute Gasteiger partial charge is 0.305 e. The topological polar surface area (TPSA) is 255 Å². The van der Waals surface area contributed by atoms with Crippen molar-refractivity contribution >= 4 is 53.4 Å². The van der Waals surface area contributed by atoms with Gasteiger partial charge in [-0.1, -0.05) is 374 Å². The highest BCUT2D eigenvalue weighted by Gasteiger charge is 2.13. The lowest BCUT2D eigenvalue weighted by atomic mass is 10.0. The van der Waals surface area contributed by atoms with Crippen molar-refractivity contribution in [2.24, 2.45) is 0 Å². The summed E-state index contributed by atoms with van der Waals surface area (Å²) < 4.78 is 13.9. The molecule has 0 aromatic rings. The van der Waals surface area contributed by atoms with Crippen LogP contribution in [0.25, 0.3) is 0 Å². The van der Waals surface area contributed by atoms with E-state index < -0.39 is 11.9 Å². The summed E-state index contributed by atoms with van der Waals surface area (Å²) in [6, 6.07) is 0. The van der Waals surface area contributed by atoms with E-state index in [4.69, 9.17) is 20.4 Å². The zero-order valence-electron chi connectivity index (χ0n) is 76.2. The first-order valence-electron chi connectivity index (χ1n) is 48.3. The van der Waals surface area contributed by atoms with E-state index in [2.05, 4.69) is 61.0 Å². The molecule has 7 N–H and O–H groups in total. The monoisotopic (exact) mass is 1660 g/mol. The summed E-state index contributed by atoms with van der Waals surface area (Å²) in [7, 11) is 4.35. The van der Waals surface area contributed by atoms with Gasteiger partial charge in [-0.15, -0.1) is 0 Å². The van der Waals surface area contributed by atoms with Gasteiger partial charge in [-0.2, -0.15) is 23.5 Å². The number of hydrogen-bond donors (Lipinski definition) is 7. The zero-order valence-corrected chi connectivity index (χ0v) is 77.8. The summed E-state index contributed by atoms with van der Waals surface area (Å²) in [6.45, 7) is 11.8. The van der Waals surface area contributed by atoms with Crippen molar-refractivity contribution in [2.45, 2.75) is 532 Å². The Hall–Kier alpha value is -2.41. The van der Waals surface area contributed by atoms with Crippen molar-refractivity contribution < 1.29 is 73.9 Å². The molecule has 0 rings (SSSR count). The average molecular weight is 1660 g/mol. The molecule has 0 amide bonds. The quantitative estimate of drug-likeness (QED) is 0.0129. The third kappa shape index (κ3) is 114. The van der Waals surface area contributed by atoms with Crippen LogP contribution in [0.1, 0.15) is 503 Å². The standard InChI is InChI=1S/C21H42O3S.C20H40O3S.C19H38O3.C19H36O3.C18H36O3/c1-3-4-5-6-9-12-15-20(25-19-18-22)16-13-10-7-8-11-14-17-21(23)24-2;1-2-3-4-5-8-11-14-19(24-18-17-21)15-12-9-6-7-10-13-16-20(22)23;2*1-3-4-5-12-15-18(20)16-13-10-8-6-7-9-11-14-17-19(21)22-2;1-2-3-4-11-14-17(19)15-12-9-7-5-6-8-10-13-16-18(20)21/h20,22H,3-19H2,1-2H3;19,21H,2-18H2,1H3,(H,22,23);18,20H,3-17H2,1-2H3;10,13,18,20H,3-9,11-12,14-17H2,1-2H3;17,19H,2-16H2,1H3,(H,20,21)/b;;;13-10-;. The number of aliphatic hydroxyl groups excluding tert-OH is 5. The molecule has 0 fully saturated rings. The van der Waals surface area contributed by atoms with E-state index in [1.165, 1.54) is 323 Å². The lowest BCUT2D eigenvalue weighted by Gasteiger charge is -2.16. The second-order valence-corrected chi connectivity index (χ2v) is 35.5. The van der Waals surface area contributed by atoms with E-state index in [1.54, 1.807) is 0 Å². The van der Waals surface area contributed by atoms with Gasteiger partial charge in [0, 0.05) is 54.1 Å². The van der Waals surface area contributed by atoms with Crippen LogP contribution in [0.2, 0.25) is 0 Å². The first kappa shape index (κ1) is 120. The van der Waals surface area contributed by atoms with Crippen LogP contribution in [0, 0.1) is 0 Å². The second-order valence-electron chi connectivity index (χ2n) is 32.6. The van der Waals surface area contributed by atoms with Gasteiger partial charge in [-0.05, 0) is 109 Å². The number of carboxylic acid groups (broad SMARTS) is 2. The molecule has 0 aliphatic rings. The summed E-state index contributed by atoms with van der Waals surface area (Å²) >= 11 is 3.92. The van der Waals surface area contributed by atoms with Gasteiger partial charge in [0.15, 0.2) is 0 Å². The van der Waals surface area contributed by atoms with Crippen LogP contribution in [0.5, 0.6) is 0 Å². The molecule has 0 heterocycles. The van der Waals surface area contributed by atoms with Crippen molar-refractivity contribution in [3.05, 3.63) is 12.2 Å². The number of carbonyl (C=O) groups is 5. The van der Waals surface area contributed by atoms with Crippen molar-refractivity contribution in [1.29, 1.82) is 0 Å². The van der Waals surface area contributed by atoms with Gasteiger partial charge in [0.2, 0.25) is 0 Å². The van der Waals surface area contributed by atoms with Gasteiger partial charge in [0.25, 0.3) is 0 Å². The van der Waals surface area contributed by atoms with E-state index in [-0.39, 0.29) is 36.2 Å². The highest BCUT2D eigenvalue weighted by Crippen LogP contribution is 2.27. The molecule has 0 radical (unpaired) electrons. The number of carboxylic acids is 2. The maximum atomic E-state index is 11.0. The SMILES string of the molecule is CCCCCCC(O)C/C=C\CCCCCCCC(=O)OC.CCCCCCC(O)CCCCCCCCCCC(=O)O.CCCCCCC(O)CCCCCCCCCCC(=O)OC.CCCCCCCCC(CCCCCCCCC(=O)O)SCCO.CCCCCCCCC(CCCCCCCCC(=O)OC)SCCO. The van der Waals surface area contributed by atoms with Crippen molar-refractivity contribution in [3.8, 4) is 0 Å². The molecule has 0 spiro atoms. The van der Waals surface area contributed by atoms with Crippen LogP contribution in [0.15, 0.2) is 12.2 Å². The number of hydrogen-bond acceptors (Lipinski definition) is 15. The fraction of sp³-hybridized carbons (Fsp3) is 0.928. The fourth-order valence-electron chi connectivity index (χ4n) is 14.1. The number of allylic oxidation sites excluding steroid dienone is 1. The van der Waals surface area contributed by atoms with E-state index in [0.29, 0.717) is 45.3 Å². The van der Waals surface area contributed by atoms with Gasteiger partial charge >= 0.3 is 29.8 Å². The highest BCUT2D eigenvalue weighted by atomic mass is 32.2. The van der Waals surface area contributed by atoms with Gasteiger partial charge in [-0.3, -0.25) is 24.0 Å². The molecule has 0 saturated heterocycles. The summed E-state index contributed by atoms with van der Waals surface area (Å²) in [4.78, 5) is 53.7. The Balaban J connectivity index is -0.000000435. The molecule has 114 heavy (non-hydrogen) atoms. The molecule has 5 atom stereocenters. The largest absolute Gasteiger partial charge is 0.481 e. The number of ether oxygens (including phenoxy) is 3. The van der Waals surface area contributed by atoms with Crippen LogP contribution >= 0.6 is 23.5 Å². The minimum absolute atomic E-state index is 0.0739. The Kier molecular flexibility index (Phi) is 112. The first-order valence-corrected chi connectivity index (χ1v) is 50.4. The summed E-state index contributed by atoms with van der Waals surface area (Å²) in [5.74, 6) is 0.128. The number of methoxy groups -OCH3 is 3. The summed E-state index contributed by atoms with van der Waals surface area (Å²) in [5, 5.41) is 66.2. The number of rotatable bonds is 85. The molecule has 0 aliphatic carbocycles. The molecule has 0 saturated carbocycles. The van der Waals surface area contributed by atoms with Crippen LogP contribution in [-0.2, 0) is 38.2 Å². The van der Waals surface area contributed by atoms with Crippen molar-refractivity contribution in [3.63, 3.8) is 0 Å². The van der Waals surface area contributed by atoms with Crippen LogP contribution in [0.3, 0.4) is 0 Å². The van der Waals surface area contributed by atoms with Crippen molar-refractivity contribution in [2.75, 3.05) is 46.0 Å². The second kappa shape index (κ2) is 107. The molecule has 0 bridgehead atoms. The van der Waals surface area contributed by atoms with Crippen LogP contribution in [0.4, 0.5) is 0 Å². The van der Waals surface area contributed by atoms with Gasteiger partial charge in [-0.25, -0.2) is 0 Å². The molecular formula is C97H192O15S2. The maximum Gasteiger partial charge on any atom is 0.305 e. The number of carbonyl (C=O) groups excluding carboxylic acids is 3. The predicted octanol–water partition coefficient (Wildman–Crippen LogP) is 28.0. The summed E-state index contributed by atoms with van der Waals surface area (Å²) in [5.41, 5.74) is 0. The molecular weight excluding hydrogens is 1470 g/mol.